The van der Waals surface area contributed by atoms with Crippen LogP contribution in [0.1, 0.15) is 11.1 Å². The van der Waals surface area contributed by atoms with Gasteiger partial charge in [-0.15, -0.1) is 0 Å². The summed E-state index contributed by atoms with van der Waals surface area (Å²) >= 11 is 0. The minimum atomic E-state index is -0.303. The zero-order valence-electron chi connectivity index (χ0n) is 10.9. The normalized spacial score (nSPS) is 10.0. The first-order valence-corrected chi connectivity index (χ1v) is 5.99. The highest BCUT2D eigenvalue weighted by Crippen LogP contribution is 2.20. The Balaban J connectivity index is 2.08. The number of phenols is 1. The third-order valence-electron chi connectivity index (χ3n) is 2.85. The number of aryl methyl sites for hydroxylation is 2. The van der Waals surface area contributed by atoms with E-state index in [1.54, 1.807) is 12.1 Å². The van der Waals surface area contributed by atoms with Crippen molar-refractivity contribution < 1.29 is 9.90 Å². The third kappa shape index (κ3) is 3.25. The van der Waals surface area contributed by atoms with Crippen molar-refractivity contribution in [3.05, 3.63) is 53.6 Å². The Labute approximate surface area is 112 Å². The fourth-order valence-electron chi connectivity index (χ4n) is 1.78. The van der Waals surface area contributed by atoms with Gasteiger partial charge in [0.1, 0.15) is 5.75 Å². The van der Waals surface area contributed by atoms with Gasteiger partial charge >= 0.3 is 6.03 Å². The SMILES string of the molecule is Cc1ccccc1NC(=O)Nc1ccc(O)cc1C. The molecular weight excluding hydrogens is 240 g/mol. The molecule has 0 aliphatic heterocycles. The summed E-state index contributed by atoms with van der Waals surface area (Å²) < 4.78 is 0. The molecule has 3 N–H and O–H groups in total. The van der Waals surface area contributed by atoms with E-state index < -0.39 is 0 Å². The monoisotopic (exact) mass is 256 g/mol. The second kappa shape index (κ2) is 5.44. The van der Waals surface area contributed by atoms with Crippen LogP contribution in [0.3, 0.4) is 0 Å². The van der Waals surface area contributed by atoms with Crippen LogP contribution < -0.4 is 10.6 Å². The second-order valence-electron chi connectivity index (χ2n) is 4.39. The number of hydrogen-bond donors (Lipinski definition) is 3. The number of nitrogens with one attached hydrogen (secondary N) is 2. The van der Waals surface area contributed by atoms with Crippen LogP contribution in [0.15, 0.2) is 42.5 Å². The van der Waals surface area contributed by atoms with Crippen molar-refractivity contribution >= 4 is 17.4 Å². The lowest BCUT2D eigenvalue weighted by atomic mass is 10.2. The summed E-state index contributed by atoms with van der Waals surface area (Å²) in [5.74, 6) is 0.183. The third-order valence-corrected chi connectivity index (χ3v) is 2.85. The quantitative estimate of drug-likeness (QED) is 0.718. The van der Waals surface area contributed by atoms with Gasteiger partial charge in [0.2, 0.25) is 0 Å². The summed E-state index contributed by atoms with van der Waals surface area (Å²) in [6.45, 7) is 3.75. The smallest absolute Gasteiger partial charge is 0.323 e. The van der Waals surface area contributed by atoms with Gasteiger partial charge in [-0.3, -0.25) is 0 Å². The minimum absolute atomic E-state index is 0.183. The van der Waals surface area contributed by atoms with E-state index >= 15 is 0 Å². The number of rotatable bonds is 2. The number of phenolic OH excluding ortho intramolecular Hbond substituents is 1. The van der Waals surface area contributed by atoms with Crippen LogP contribution >= 0.6 is 0 Å². The Morgan fingerprint density at radius 2 is 1.58 bits per heavy atom. The number of para-hydroxylation sites is 1. The molecule has 0 bridgehead atoms. The van der Waals surface area contributed by atoms with Gasteiger partial charge in [-0.25, -0.2) is 4.79 Å². The molecule has 2 aromatic rings. The second-order valence-corrected chi connectivity index (χ2v) is 4.39. The fraction of sp³-hybridized carbons (Fsp3) is 0.133. The highest BCUT2D eigenvalue weighted by Gasteiger charge is 2.06. The van der Waals surface area contributed by atoms with Crippen molar-refractivity contribution in [1.29, 1.82) is 0 Å². The first-order chi connectivity index (χ1) is 9.06. The van der Waals surface area contributed by atoms with Gasteiger partial charge in [-0.05, 0) is 49.2 Å². The van der Waals surface area contributed by atoms with Crippen LogP contribution in [-0.4, -0.2) is 11.1 Å². The highest BCUT2D eigenvalue weighted by molar-refractivity contribution is 6.00. The van der Waals surface area contributed by atoms with Crippen molar-refractivity contribution in [3.8, 4) is 5.75 Å². The lowest BCUT2D eigenvalue weighted by Crippen LogP contribution is -2.20. The molecule has 19 heavy (non-hydrogen) atoms. The Morgan fingerprint density at radius 3 is 2.21 bits per heavy atom. The molecule has 0 fully saturated rings. The zero-order valence-corrected chi connectivity index (χ0v) is 10.9. The molecule has 2 aromatic carbocycles. The van der Waals surface area contributed by atoms with Crippen LogP contribution in [0.2, 0.25) is 0 Å². The predicted octanol–water partition coefficient (Wildman–Crippen LogP) is 3.65. The highest BCUT2D eigenvalue weighted by atomic mass is 16.3. The number of amides is 2. The van der Waals surface area contributed by atoms with Crippen LogP contribution in [0.4, 0.5) is 16.2 Å². The number of carbonyl (C=O) groups excluding carboxylic acids is 1. The molecule has 0 saturated carbocycles. The zero-order chi connectivity index (χ0) is 13.8. The minimum Gasteiger partial charge on any atom is -0.508 e. The Bertz CT molecular complexity index is 609. The van der Waals surface area contributed by atoms with E-state index in [4.69, 9.17) is 0 Å². The maximum absolute atomic E-state index is 11.9. The molecule has 98 valence electrons. The number of urea groups is 1. The van der Waals surface area contributed by atoms with E-state index in [-0.39, 0.29) is 11.8 Å². The summed E-state index contributed by atoms with van der Waals surface area (Å²) in [7, 11) is 0. The molecule has 0 unspecified atom stereocenters. The molecule has 0 aliphatic carbocycles. The summed E-state index contributed by atoms with van der Waals surface area (Å²) in [6.07, 6.45) is 0. The molecule has 4 heteroatoms. The molecule has 0 aromatic heterocycles. The van der Waals surface area contributed by atoms with Gasteiger partial charge in [-0.1, -0.05) is 18.2 Å². The Kier molecular flexibility index (Phi) is 3.71. The van der Waals surface area contributed by atoms with Gasteiger partial charge in [-0.2, -0.15) is 0 Å². The van der Waals surface area contributed by atoms with Gasteiger partial charge in [0.05, 0.1) is 0 Å². The van der Waals surface area contributed by atoms with Crippen LogP contribution in [-0.2, 0) is 0 Å². The maximum atomic E-state index is 11.9. The van der Waals surface area contributed by atoms with E-state index in [2.05, 4.69) is 10.6 Å². The van der Waals surface area contributed by atoms with Crippen molar-refractivity contribution in [2.24, 2.45) is 0 Å². The molecule has 0 saturated heterocycles. The molecule has 2 amide bonds. The number of benzene rings is 2. The molecular formula is C15H16N2O2. The van der Waals surface area contributed by atoms with Crippen molar-refractivity contribution in [2.45, 2.75) is 13.8 Å². The van der Waals surface area contributed by atoms with E-state index in [0.717, 1.165) is 16.8 Å². The standard InChI is InChI=1S/C15H16N2O2/c1-10-5-3-4-6-13(10)16-15(19)17-14-8-7-12(18)9-11(14)2/h3-9,18H,1-2H3,(H2,16,17,19). The Hall–Kier alpha value is -2.49. The van der Waals surface area contributed by atoms with Crippen LogP contribution in [0, 0.1) is 13.8 Å². The molecule has 0 atom stereocenters. The van der Waals surface area contributed by atoms with Gasteiger partial charge < -0.3 is 15.7 Å². The van der Waals surface area contributed by atoms with Crippen molar-refractivity contribution in [2.75, 3.05) is 10.6 Å². The molecule has 0 heterocycles. The molecule has 0 spiro atoms. The summed E-state index contributed by atoms with van der Waals surface area (Å²) in [6, 6.07) is 12.1. The first kappa shape index (κ1) is 13.0. The molecule has 0 aliphatic rings. The maximum Gasteiger partial charge on any atom is 0.323 e. The lowest BCUT2D eigenvalue weighted by Gasteiger charge is -2.11. The van der Waals surface area contributed by atoms with Crippen molar-refractivity contribution in [1.82, 2.24) is 0 Å². The molecule has 2 rings (SSSR count). The number of carbonyl (C=O) groups is 1. The van der Waals surface area contributed by atoms with Gasteiger partial charge in [0.25, 0.3) is 0 Å². The summed E-state index contributed by atoms with van der Waals surface area (Å²) in [4.78, 5) is 11.9. The van der Waals surface area contributed by atoms with E-state index in [1.807, 2.05) is 38.1 Å². The fourth-order valence-corrected chi connectivity index (χ4v) is 1.78. The van der Waals surface area contributed by atoms with E-state index in [0.29, 0.717) is 5.69 Å². The largest absolute Gasteiger partial charge is 0.508 e. The van der Waals surface area contributed by atoms with E-state index in [9.17, 15) is 9.90 Å². The number of anilines is 2. The first-order valence-electron chi connectivity index (χ1n) is 5.99. The summed E-state index contributed by atoms with van der Waals surface area (Å²) in [5.41, 5.74) is 3.25. The number of aromatic hydroxyl groups is 1. The van der Waals surface area contributed by atoms with Crippen LogP contribution in [0.25, 0.3) is 0 Å². The topological polar surface area (TPSA) is 61.4 Å². The van der Waals surface area contributed by atoms with Crippen molar-refractivity contribution in [3.63, 3.8) is 0 Å². The average Bonchev–Trinajstić information content (AvgIpc) is 2.36. The van der Waals surface area contributed by atoms with Crippen LogP contribution in [0.5, 0.6) is 5.75 Å². The predicted molar refractivity (Wildman–Crippen MR) is 76.7 cm³/mol. The number of hydrogen-bond acceptors (Lipinski definition) is 2. The Morgan fingerprint density at radius 1 is 0.947 bits per heavy atom. The average molecular weight is 256 g/mol. The molecule has 0 radical (unpaired) electrons. The summed E-state index contributed by atoms with van der Waals surface area (Å²) in [5, 5.41) is 14.9. The van der Waals surface area contributed by atoms with Gasteiger partial charge in [0.15, 0.2) is 0 Å². The van der Waals surface area contributed by atoms with E-state index in [1.165, 1.54) is 6.07 Å². The molecule has 4 nitrogen and oxygen atoms in total. The lowest BCUT2D eigenvalue weighted by molar-refractivity contribution is 0.262. The van der Waals surface area contributed by atoms with Gasteiger partial charge in [0, 0.05) is 11.4 Å².